The Morgan fingerprint density at radius 2 is 0.943 bits per heavy atom. The van der Waals surface area contributed by atoms with Gasteiger partial charge in [0.1, 0.15) is 5.58 Å². The van der Waals surface area contributed by atoms with E-state index in [2.05, 4.69) is 185 Å². The Morgan fingerprint density at radius 1 is 0.340 bits per heavy atom. The van der Waals surface area contributed by atoms with Crippen molar-refractivity contribution in [3.05, 3.63) is 182 Å². The van der Waals surface area contributed by atoms with Crippen molar-refractivity contribution in [2.24, 2.45) is 0 Å². The summed E-state index contributed by atoms with van der Waals surface area (Å²) < 4.78 is 11.4. The summed E-state index contributed by atoms with van der Waals surface area (Å²) in [4.78, 5) is 0. The maximum Gasteiger partial charge on any atom is 0.159 e. The monoisotopic (exact) mass is 674 g/mol. The van der Waals surface area contributed by atoms with Crippen LogP contribution in [0.5, 0.6) is 0 Å². The zero-order chi connectivity index (χ0) is 34.6. The van der Waals surface area contributed by atoms with Gasteiger partial charge < -0.3 is 13.6 Å². The molecule has 246 valence electrons. The lowest BCUT2D eigenvalue weighted by atomic mass is 9.97. The summed E-state index contributed by atoms with van der Waals surface area (Å²) in [7, 11) is 0. The molecular weight excluding hydrogens is 645 g/mol. The molecular formula is C50H30N2O. The predicted octanol–water partition coefficient (Wildman–Crippen LogP) is 13.8. The normalized spacial score (nSPS) is 12.2. The van der Waals surface area contributed by atoms with Crippen LogP contribution in [0, 0.1) is 0 Å². The second-order valence-electron chi connectivity index (χ2n) is 14.1. The van der Waals surface area contributed by atoms with Crippen molar-refractivity contribution >= 4 is 87.1 Å². The average molecular weight is 675 g/mol. The molecule has 0 amide bonds. The summed E-state index contributed by atoms with van der Waals surface area (Å²) in [5.41, 5.74) is 11.2. The van der Waals surface area contributed by atoms with E-state index in [1.54, 1.807) is 0 Å². The van der Waals surface area contributed by atoms with Gasteiger partial charge in [0.2, 0.25) is 0 Å². The molecule has 0 fully saturated rings. The molecule has 0 atom stereocenters. The Bertz CT molecular complexity index is 3470. The largest absolute Gasteiger partial charge is 0.454 e. The molecule has 53 heavy (non-hydrogen) atoms. The highest BCUT2D eigenvalue weighted by molar-refractivity contribution is 6.20. The lowest BCUT2D eigenvalue weighted by Crippen LogP contribution is -1.96. The molecule has 3 heterocycles. The fourth-order valence-electron chi connectivity index (χ4n) is 9.05. The number of aromatic nitrogens is 2. The van der Waals surface area contributed by atoms with E-state index in [0.29, 0.717) is 0 Å². The van der Waals surface area contributed by atoms with E-state index < -0.39 is 0 Å². The number of para-hydroxylation sites is 4. The van der Waals surface area contributed by atoms with Gasteiger partial charge in [-0.05, 0) is 75.8 Å². The summed E-state index contributed by atoms with van der Waals surface area (Å²) in [6, 6.07) is 66.0. The Morgan fingerprint density at radius 3 is 1.81 bits per heavy atom. The first kappa shape index (κ1) is 28.6. The van der Waals surface area contributed by atoms with Gasteiger partial charge in [0.25, 0.3) is 0 Å². The smallest absolute Gasteiger partial charge is 0.159 e. The Balaban J connectivity index is 1.13. The minimum atomic E-state index is 0.902. The van der Waals surface area contributed by atoms with Gasteiger partial charge in [0, 0.05) is 37.7 Å². The molecule has 9 aromatic carbocycles. The molecule has 0 bridgehead atoms. The second-order valence-corrected chi connectivity index (χ2v) is 14.1. The number of fused-ring (bicyclic) bond motifs is 12. The predicted molar refractivity (Wildman–Crippen MR) is 223 cm³/mol. The van der Waals surface area contributed by atoms with Crippen LogP contribution in [0.1, 0.15) is 0 Å². The molecule has 0 N–H and O–H groups in total. The third kappa shape index (κ3) is 3.94. The van der Waals surface area contributed by atoms with Crippen LogP contribution in [0.15, 0.2) is 186 Å². The van der Waals surface area contributed by atoms with Crippen LogP contribution in [0.25, 0.3) is 110 Å². The first-order valence-corrected chi connectivity index (χ1v) is 18.2. The Hall–Kier alpha value is -7.10. The topological polar surface area (TPSA) is 23.0 Å². The van der Waals surface area contributed by atoms with Gasteiger partial charge in [-0.2, -0.15) is 0 Å². The van der Waals surface area contributed by atoms with Crippen molar-refractivity contribution in [3.63, 3.8) is 0 Å². The fraction of sp³-hybridized carbons (Fsp3) is 0. The third-order valence-electron chi connectivity index (χ3n) is 11.3. The van der Waals surface area contributed by atoms with E-state index in [1.165, 1.54) is 70.9 Å². The minimum Gasteiger partial charge on any atom is -0.454 e. The van der Waals surface area contributed by atoms with E-state index >= 15 is 0 Å². The maximum atomic E-state index is 6.55. The van der Waals surface area contributed by atoms with E-state index in [9.17, 15) is 0 Å². The number of rotatable bonds is 3. The van der Waals surface area contributed by atoms with Gasteiger partial charge in [0.05, 0.1) is 33.4 Å². The quantitative estimate of drug-likeness (QED) is 0.171. The second kappa shape index (κ2) is 10.7. The first-order valence-electron chi connectivity index (χ1n) is 18.2. The summed E-state index contributed by atoms with van der Waals surface area (Å²) in [6.45, 7) is 0. The van der Waals surface area contributed by atoms with Gasteiger partial charge >= 0.3 is 0 Å². The lowest BCUT2D eigenvalue weighted by Gasteiger charge is -2.14. The molecule has 12 rings (SSSR count). The number of hydrogen-bond donors (Lipinski definition) is 0. The van der Waals surface area contributed by atoms with Crippen molar-refractivity contribution in [2.75, 3.05) is 0 Å². The van der Waals surface area contributed by atoms with Crippen LogP contribution in [-0.4, -0.2) is 9.13 Å². The zero-order valence-electron chi connectivity index (χ0n) is 28.6. The van der Waals surface area contributed by atoms with E-state index in [4.69, 9.17) is 4.42 Å². The van der Waals surface area contributed by atoms with E-state index in [0.717, 1.165) is 38.7 Å². The van der Waals surface area contributed by atoms with Crippen molar-refractivity contribution < 1.29 is 4.42 Å². The fourth-order valence-corrected chi connectivity index (χ4v) is 9.05. The highest BCUT2D eigenvalue weighted by Gasteiger charge is 2.21. The number of nitrogens with zero attached hydrogens (tertiary/aromatic N) is 2. The van der Waals surface area contributed by atoms with Crippen molar-refractivity contribution in [1.29, 1.82) is 0 Å². The van der Waals surface area contributed by atoms with E-state index in [1.807, 2.05) is 6.07 Å². The first-order chi connectivity index (χ1) is 26.3. The van der Waals surface area contributed by atoms with Gasteiger partial charge in [-0.25, -0.2) is 0 Å². The molecule has 0 saturated heterocycles. The third-order valence-corrected chi connectivity index (χ3v) is 11.3. The molecule has 0 aliphatic rings. The SMILES string of the molecule is c1ccc2c(c1)cc(-n1c3ccccc3c3c(-c4ccc5c(c4)c4ccccc4n5-c4cccc5c4oc4ccccc45)cccc31)c1ccccc12. The molecule has 3 heteroatoms. The molecule has 0 radical (unpaired) electrons. The van der Waals surface area contributed by atoms with Crippen molar-refractivity contribution in [2.45, 2.75) is 0 Å². The molecule has 3 nitrogen and oxygen atoms in total. The zero-order valence-corrected chi connectivity index (χ0v) is 28.6. The Labute approximate surface area is 304 Å². The van der Waals surface area contributed by atoms with Crippen LogP contribution >= 0.6 is 0 Å². The standard InChI is InChI=1S/C50H30N2O/c1-2-14-33-31(13-1)30-47(36-16-4-3-15-35(33)36)52-43-23-9-6-19-40(43)49-34(20-11-24-45(49)52)32-27-28-44-41(29-32)37-17-5-8-22-42(37)51(44)46-25-12-21-39-38-18-7-10-26-48(38)53-50(39)46/h1-30H. The molecule has 0 unspecified atom stereocenters. The van der Waals surface area contributed by atoms with E-state index in [-0.39, 0.29) is 0 Å². The van der Waals surface area contributed by atoms with Crippen LogP contribution in [0.3, 0.4) is 0 Å². The van der Waals surface area contributed by atoms with Crippen LogP contribution in [0.2, 0.25) is 0 Å². The molecule has 0 aliphatic carbocycles. The molecule has 0 aliphatic heterocycles. The summed E-state index contributed by atoms with van der Waals surface area (Å²) >= 11 is 0. The average Bonchev–Trinajstić information content (AvgIpc) is 3.88. The van der Waals surface area contributed by atoms with Crippen LogP contribution < -0.4 is 0 Å². The molecule has 0 spiro atoms. The minimum absolute atomic E-state index is 0.902. The van der Waals surface area contributed by atoms with Crippen LogP contribution in [0.4, 0.5) is 0 Å². The highest BCUT2D eigenvalue weighted by atomic mass is 16.3. The van der Waals surface area contributed by atoms with Gasteiger partial charge in [0.15, 0.2) is 5.58 Å². The van der Waals surface area contributed by atoms with Crippen molar-refractivity contribution in [3.8, 4) is 22.5 Å². The van der Waals surface area contributed by atoms with Crippen molar-refractivity contribution in [1.82, 2.24) is 9.13 Å². The van der Waals surface area contributed by atoms with Gasteiger partial charge in [-0.3, -0.25) is 0 Å². The number of hydrogen-bond acceptors (Lipinski definition) is 1. The maximum absolute atomic E-state index is 6.55. The number of benzene rings is 9. The van der Waals surface area contributed by atoms with Gasteiger partial charge in [-0.1, -0.05) is 133 Å². The lowest BCUT2D eigenvalue weighted by molar-refractivity contribution is 0.666. The number of furan rings is 1. The Kier molecular flexibility index (Phi) is 5.77. The van der Waals surface area contributed by atoms with Gasteiger partial charge in [-0.15, -0.1) is 0 Å². The highest BCUT2D eigenvalue weighted by Crippen LogP contribution is 2.43. The summed E-state index contributed by atoms with van der Waals surface area (Å²) in [5.74, 6) is 0. The van der Waals surface area contributed by atoms with Crippen LogP contribution in [-0.2, 0) is 0 Å². The molecule has 12 aromatic rings. The summed E-state index contributed by atoms with van der Waals surface area (Å²) in [6.07, 6.45) is 0. The molecule has 3 aromatic heterocycles. The summed E-state index contributed by atoms with van der Waals surface area (Å²) in [5, 5.41) is 12.2. The molecule has 0 saturated carbocycles.